The lowest BCUT2D eigenvalue weighted by molar-refractivity contribution is -0.120. The van der Waals surface area contributed by atoms with Gasteiger partial charge in [-0.05, 0) is 31.0 Å². The van der Waals surface area contributed by atoms with E-state index in [1.807, 2.05) is 17.2 Å². The first kappa shape index (κ1) is 12.9. The Balaban J connectivity index is 1.68. The number of carbonyl (C=O) groups excluding carboxylic acids is 1. The van der Waals surface area contributed by atoms with Gasteiger partial charge in [-0.2, -0.15) is 5.06 Å². The molecular formula is C13H19N3O2. The summed E-state index contributed by atoms with van der Waals surface area (Å²) in [5.74, 6) is 0.0137. The van der Waals surface area contributed by atoms with E-state index in [1.165, 1.54) is 0 Å². The van der Waals surface area contributed by atoms with Crippen molar-refractivity contribution < 1.29 is 9.63 Å². The molecule has 0 spiro atoms. The van der Waals surface area contributed by atoms with Crippen LogP contribution in [0.15, 0.2) is 24.3 Å². The van der Waals surface area contributed by atoms with Gasteiger partial charge < -0.3 is 11.1 Å². The first-order valence-corrected chi connectivity index (χ1v) is 6.27. The van der Waals surface area contributed by atoms with Crippen LogP contribution in [-0.4, -0.2) is 30.7 Å². The summed E-state index contributed by atoms with van der Waals surface area (Å²) in [6.45, 7) is 2.58. The SMILES string of the molecule is Nc1cccc(NC(=O)CCCN2CCCO2)c1. The second-order valence-electron chi connectivity index (χ2n) is 4.39. The zero-order chi connectivity index (χ0) is 12.8. The Bertz CT molecular complexity index is 403. The molecule has 0 atom stereocenters. The number of nitrogens with zero attached hydrogens (tertiary/aromatic N) is 1. The van der Waals surface area contributed by atoms with E-state index >= 15 is 0 Å². The van der Waals surface area contributed by atoms with Gasteiger partial charge in [0.2, 0.25) is 5.91 Å². The van der Waals surface area contributed by atoms with Crippen molar-refractivity contribution in [3.05, 3.63) is 24.3 Å². The molecule has 0 saturated carbocycles. The van der Waals surface area contributed by atoms with Crippen LogP contribution in [0.5, 0.6) is 0 Å². The lowest BCUT2D eigenvalue weighted by atomic mass is 10.2. The van der Waals surface area contributed by atoms with Gasteiger partial charge in [0.15, 0.2) is 0 Å². The minimum Gasteiger partial charge on any atom is -0.399 e. The number of anilines is 2. The minimum atomic E-state index is 0.0137. The fourth-order valence-electron chi connectivity index (χ4n) is 1.93. The molecular weight excluding hydrogens is 230 g/mol. The molecule has 1 aromatic carbocycles. The summed E-state index contributed by atoms with van der Waals surface area (Å²) in [6, 6.07) is 7.20. The zero-order valence-electron chi connectivity index (χ0n) is 10.4. The van der Waals surface area contributed by atoms with E-state index in [0.29, 0.717) is 12.1 Å². The van der Waals surface area contributed by atoms with Crippen LogP contribution in [0.4, 0.5) is 11.4 Å². The highest BCUT2D eigenvalue weighted by atomic mass is 16.7. The fourth-order valence-corrected chi connectivity index (χ4v) is 1.93. The van der Waals surface area contributed by atoms with E-state index in [-0.39, 0.29) is 5.91 Å². The fraction of sp³-hybridized carbons (Fsp3) is 0.462. The predicted octanol–water partition coefficient (Wildman–Crippen LogP) is 1.62. The number of amides is 1. The maximum absolute atomic E-state index is 11.7. The van der Waals surface area contributed by atoms with E-state index in [9.17, 15) is 4.79 Å². The van der Waals surface area contributed by atoms with Gasteiger partial charge in [-0.15, -0.1) is 0 Å². The molecule has 1 heterocycles. The molecule has 1 saturated heterocycles. The predicted molar refractivity (Wildman–Crippen MR) is 70.9 cm³/mol. The van der Waals surface area contributed by atoms with Crippen LogP contribution in [0, 0.1) is 0 Å². The van der Waals surface area contributed by atoms with Crippen molar-refractivity contribution >= 4 is 17.3 Å². The Morgan fingerprint density at radius 2 is 2.39 bits per heavy atom. The highest BCUT2D eigenvalue weighted by Crippen LogP contribution is 2.12. The smallest absolute Gasteiger partial charge is 0.224 e. The third-order valence-corrected chi connectivity index (χ3v) is 2.81. The molecule has 18 heavy (non-hydrogen) atoms. The average molecular weight is 249 g/mol. The summed E-state index contributed by atoms with van der Waals surface area (Å²) in [4.78, 5) is 17.0. The molecule has 5 heteroatoms. The van der Waals surface area contributed by atoms with Gasteiger partial charge in [-0.25, -0.2) is 0 Å². The van der Waals surface area contributed by atoms with Gasteiger partial charge >= 0.3 is 0 Å². The molecule has 3 N–H and O–H groups in total. The van der Waals surface area contributed by atoms with Crippen molar-refractivity contribution in [1.29, 1.82) is 0 Å². The van der Waals surface area contributed by atoms with E-state index in [0.717, 1.165) is 38.2 Å². The molecule has 0 unspecified atom stereocenters. The van der Waals surface area contributed by atoms with Crippen LogP contribution in [0.2, 0.25) is 0 Å². The van der Waals surface area contributed by atoms with Gasteiger partial charge in [0.25, 0.3) is 0 Å². The molecule has 0 radical (unpaired) electrons. The van der Waals surface area contributed by atoms with Crippen LogP contribution in [0.1, 0.15) is 19.3 Å². The monoisotopic (exact) mass is 249 g/mol. The van der Waals surface area contributed by atoms with E-state index < -0.39 is 0 Å². The largest absolute Gasteiger partial charge is 0.399 e. The van der Waals surface area contributed by atoms with Crippen molar-refractivity contribution in [2.75, 3.05) is 30.7 Å². The molecule has 2 rings (SSSR count). The van der Waals surface area contributed by atoms with Crippen molar-refractivity contribution in [2.45, 2.75) is 19.3 Å². The molecule has 1 aliphatic rings. The van der Waals surface area contributed by atoms with E-state index in [2.05, 4.69) is 5.32 Å². The second kappa shape index (κ2) is 6.37. The van der Waals surface area contributed by atoms with Crippen molar-refractivity contribution in [2.24, 2.45) is 0 Å². The summed E-state index contributed by atoms with van der Waals surface area (Å²) in [5, 5.41) is 4.75. The Kier molecular flexibility index (Phi) is 4.55. The summed E-state index contributed by atoms with van der Waals surface area (Å²) in [5.41, 5.74) is 7.04. The number of rotatable bonds is 5. The number of hydrogen-bond acceptors (Lipinski definition) is 4. The van der Waals surface area contributed by atoms with Crippen molar-refractivity contribution in [1.82, 2.24) is 5.06 Å². The van der Waals surface area contributed by atoms with Crippen molar-refractivity contribution in [3.63, 3.8) is 0 Å². The maximum atomic E-state index is 11.7. The molecule has 1 aromatic rings. The van der Waals surface area contributed by atoms with Crippen LogP contribution >= 0.6 is 0 Å². The Hall–Kier alpha value is -1.59. The quantitative estimate of drug-likeness (QED) is 0.778. The molecule has 1 amide bonds. The summed E-state index contributed by atoms with van der Waals surface area (Å²) in [6.07, 6.45) is 2.37. The van der Waals surface area contributed by atoms with E-state index in [1.54, 1.807) is 12.1 Å². The van der Waals surface area contributed by atoms with E-state index in [4.69, 9.17) is 10.6 Å². The Labute approximate surface area is 107 Å². The van der Waals surface area contributed by atoms with Gasteiger partial charge in [-0.3, -0.25) is 9.63 Å². The number of nitrogen functional groups attached to an aromatic ring is 1. The van der Waals surface area contributed by atoms with Gasteiger partial charge in [0.05, 0.1) is 6.61 Å². The highest BCUT2D eigenvalue weighted by Gasteiger charge is 2.12. The Morgan fingerprint density at radius 3 is 3.11 bits per heavy atom. The lowest BCUT2D eigenvalue weighted by Gasteiger charge is -2.12. The molecule has 5 nitrogen and oxygen atoms in total. The summed E-state index contributed by atoms with van der Waals surface area (Å²) in [7, 11) is 0. The summed E-state index contributed by atoms with van der Waals surface area (Å²) < 4.78 is 0. The highest BCUT2D eigenvalue weighted by molar-refractivity contribution is 5.91. The van der Waals surface area contributed by atoms with Crippen LogP contribution < -0.4 is 11.1 Å². The Morgan fingerprint density at radius 1 is 1.50 bits per heavy atom. The maximum Gasteiger partial charge on any atom is 0.224 e. The van der Waals surface area contributed by atoms with Gasteiger partial charge in [0, 0.05) is 30.9 Å². The molecule has 0 aromatic heterocycles. The average Bonchev–Trinajstić information content (AvgIpc) is 2.82. The van der Waals surface area contributed by atoms with Crippen LogP contribution in [0.3, 0.4) is 0 Å². The number of carbonyl (C=O) groups is 1. The van der Waals surface area contributed by atoms with Gasteiger partial charge in [0.1, 0.15) is 0 Å². The number of benzene rings is 1. The normalized spacial score (nSPS) is 15.8. The number of hydroxylamine groups is 2. The molecule has 98 valence electrons. The number of nitrogens with two attached hydrogens (primary N) is 1. The molecule has 1 aliphatic heterocycles. The van der Waals surface area contributed by atoms with Crippen molar-refractivity contribution in [3.8, 4) is 0 Å². The molecule has 0 aliphatic carbocycles. The second-order valence-corrected chi connectivity index (χ2v) is 4.39. The summed E-state index contributed by atoms with van der Waals surface area (Å²) >= 11 is 0. The minimum absolute atomic E-state index is 0.0137. The molecule has 1 fully saturated rings. The first-order valence-electron chi connectivity index (χ1n) is 6.27. The van der Waals surface area contributed by atoms with Gasteiger partial charge in [-0.1, -0.05) is 6.07 Å². The number of nitrogens with one attached hydrogen (secondary N) is 1. The third-order valence-electron chi connectivity index (χ3n) is 2.81. The topological polar surface area (TPSA) is 67.6 Å². The molecule has 0 bridgehead atoms. The standard InChI is InChI=1S/C13H19N3O2/c14-11-4-1-5-12(10-11)15-13(17)6-2-7-16-8-3-9-18-16/h1,4-5,10H,2-3,6-9,14H2,(H,15,17). The third kappa shape index (κ3) is 4.01. The zero-order valence-corrected chi connectivity index (χ0v) is 10.4. The first-order chi connectivity index (χ1) is 8.74. The lowest BCUT2D eigenvalue weighted by Crippen LogP contribution is -2.21. The van der Waals surface area contributed by atoms with Crippen LogP contribution in [0.25, 0.3) is 0 Å². The van der Waals surface area contributed by atoms with Crippen LogP contribution in [-0.2, 0) is 9.63 Å². The number of hydrogen-bond donors (Lipinski definition) is 2.